The maximum atomic E-state index is 12.8. The Morgan fingerprint density at radius 1 is 0.946 bits per heavy atom. The zero-order valence-electron chi connectivity index (χ0n) is 22.4. The number of aromatic nitrogens is 4. The summed E-state index contributed by atoms with van der Waals surface area (Å²) in [6, 6.07) is 8.22. The maximum absolute atomic E-state index is 12.8. The van der Waals surface area contributed by atoms with E-state index < -0.39 is 0 Å². The molecule has 4 rings (SSSR count). The van der Waals surface area contributed by atoms with Gasteiger partial charge in [-0.2, -0.15) is 0 Å². The molecule has 3 aromatic heterocycles. The molecule has 198 valence electrons. The summed E-state index contributed by atoms with van der Waals surface area (Å²) < 4.78 is 5.79. The van der Waals surface area contributed by atoms with Gasteiger partial charge < -0.3 is 19.3 Å². The Labute approximate surface area is 219 Å². The molecule has 0 spiro atoms. The molecule has 3 heterocycles. The highest BCUT2D eigenvalue weighted by atomic mass is 16.4. The van der Waals surface area contributed by atoms with Crippen molar-refractivity contribution < 1.29 is 4.42 Å². The molecule has 1 unspecified atom stereocenters. The van der Waals surface area contributed by atoms with E-state index in [-0.39, 0.29) is 11.7 Å². The molecule has 1 atom stereocenters. The van der Waals surface area contributed by atoms with Crippen molar-refractivity contribution in [1.29, 1.82) is 0 Å². The molecule has 0 aliphatic heterocycles. The molecule has 0 fully saturated rings. The minimum absolute atomic E-state index is 0.0516. The SMILES string of the molecule is CCCN(CCC)CCCCc1cc2ccc(CN(Cc3ncc[nH]3)C(C)c3ncc[nH]3)cc2oc1=O. The van der Waals surface area contributed by atoms with E-state index in [1.165, 1.54) is 12.8 Å². The summed E-state index contributed by atoms with van der Waals surface area (Å²) in [7, 11) is 0. The van der Waals surface area contributed by atoms with Crippen molar-refractivity contribution in [2.45, 2.75) is 72.0 Å². The second kappa shape index (κ2) is 13.4. The van der Waals surface area contributed by atoms with E-state index in [1.807, 2.05) is 24.5 Å². The van der Waals surface area contributed by atoms with Crippen LogP contribution < -0.4 is 5.63 Å². The molecule has 37 heavy (non-hydrogen) atoms. The van der Waals surface area contributed by atoms with E-state index in [0.29, 0.717) is 18.7 Å². The third-order valence-electron chi connectivity index (χ3n) is 6.88. The summed E-state index contributed by atoms with van der Waals surface area (Å²) in [4.78, 5) is 32.8. The lowest BCUT2D eigenvalue weighted by molar-refractivity contribution is 0.181. The summed E-state index contributed by atoms with van der Waals surface area (Å²) in [6.45, 7) is 11.3. The highest BCUT2D eigenvalue weighted by molar-refractivity contribution is 5.77. The first-order valence-electron chi connectivity index (χ1n) is 13.6. The lowest BCUT2D eigenvalue weighted by Gasteiger charge is -2.27. The molecule has 8 nitrogen and oxygen atoms in total. The van der Waals surface area contributed by atoms with Gasteiger partial charge in [0.15, 0.2) is 0 Å². The summed E-state index contributed by atoms with van der Waals surface area (Å²) in [5, 5.41) is 0.966. The number of H-pyrrole nitrogens is 2. The van der Waals surface area contributed by atoms with Crippen LogP contribution in [0.1, 0.15) is 75.3 Å². The van der Waals surface area contributed by atoms with Crippen LogP contribution in [0, 0.1) is 0 Å². The quantitative estimate of drug-likeness (QED) is 0.165. The van der Waals surface area contributed by atoms with Crippen LogP contribution in [-0.4, -0.2) is 49.4 Å². The van der Waals surface area contributed by atoms with Crippen molar-refractivity contribution in [2.75, 3.05) is 19.6 Å². The number of hydrogen-bond acceptors (Lipinski definition) is 6. The van der Waals surface area contributed by atoms with Crippen LogP contribution >= 0.6 is 0 Å². The van der Waals surface area contributed by atoms with Crippen molar-refractivity contribution in [3.63, 3.8) is 0 Å². The smallest absolute Gasteiger partial charge is 0.339 e. The third kappa shape index (κ3) is 7.40. The Kier molecular flexibility index (Phi) is 9.68. The van der Waals surface area contributed by atoms with Crippen LogP contribution in [0.3, 0.4) is 0 Å². The van der Waals surface area contributed by atoms with Crippen LogP contribution in [-0.2, 0) is 19.5 Å². The van der Waals surface area contributed by atoms with Crippen molar-refractivity contribution >= 4 is 11.0 Å². The molecule has 0 aliphatic rings. The molecular weight excluding hydrogens is 464 g/mol. The Morgan fingerprint density at radius 2 is 1.73 bits per heavy atom. The van der Waals surface area contributed by atoms with Gasteiger partial charge in [0.25, 0.3) is 0 Å². The van der Waals surface area contributed by atoms with Gasteiger partial charge in [0, 0.05) is 42.3 Å². The first-order chi connectivity index (χ1) is 18.1. The standard InChI is InChI=1S/C29H40N6O2/c1-4-15-34(16-5-2)17-7-6-8-25-19-24-10-9-23(18-26(24)37-29(25)36)20-35(21-27-30-11-12-31-27)22(3)28-32-13-14-33-28/h9-14,18-19,22H,4-8,15-17,20-21H2,1-3H3,(H,30,31)(H,32,33). The molecule has 0 radical (unpaired) electrons. The van der Waals surface area contributed by atoms with E-state index in [9.17, 15) is 4.79 Å². The number of aromatic amines is 2. The van der Waals surface area contributed by atoms with Gasteiger partial charge in [-0.05, 0) is 76.4 Å². The first-order valence-corrected chi connectivity index (χ1v) is 13.6. The Balaban J connectivity index is 1.43. The molecule has 2 N–H and O–H groups in total. The second-order valence-corrected chi connectivity index (χ2v) is 9.82. The van der Waals surface area contributed by atoms with E-state index >= 15 is 0 Å². The Morgan fingerprint density at radius 3 is 2.43 bits per heavy atom. The molecule has 1 aromatic carbocycles. The van der Waals surface area contributed by atoms with Gasteiger partial charge in [-0.25, -0.2) is 14.8 Å². The number of hydrogen-bond donors (Lipinski definition) is 2. The van der Waals surface area contributed by atoms with Gasteiger partial charge in [-0.1, -0.05) is 26.0 Å². The van der Waals surface area contributed by atoms with Crippen LogP contribution in [0.4, 0.5) is 0 Å². The summed E-state index contributed by atoms with van der Waals surface area (Å²) in [5.41, 5.74) is 2.25. The monoisotopic (exact) mass is 504 g/mol. The number of aryl methyl sites for hydroxylation is 1. The lowest BCUT2D eigenvalue weighted by Crippen LogP contribution is -2.27. The average molecular weight is 505 g/mol. The molecule has 4 aromatic rings. The number of imidazole rings is 2. The number of rotatable bonds is 15. The lowest BCUT2D eigenvalue weighted by atomic mass is 10.1. The Hall–Kier alpha value is -3.23. The van der Waals surface area contributed by atoms with Crippen molar-refractivity contribution in [3.05, 3.63) is 82.2 Å². The summed E-state index contributed by atoms with van der Waals surface area (Å²) in [6.07, 6.45) is 12.4. The first kappa shape index (κ1) is 26.8. The number of benzene rings is 1. The van der Waals surface area contributed by atoms with Crippen LogP contribution in [0.2, 0.25) is 0 Å². The van der Waals surface area contributed by atoms with Gasteiger partial charge in [0.1, 0.15) is 17.2 Å². The van der Waals surface area contributed by atoms with E-state index in [1.54, 1.807) is 12.4 Å². The molecule has 8 heteroatoms. The summed E-state index contributed by atoms with van der Waals surface area (Å²) >= 11 is 0. The molecule has 0 amide bonds. The van der Waals surface area contributed by atoms with Crippen molar-refractivity contribution in [1.82, 2.24) is 29.7 Å². The minimum atomic E-state index is -0.222. The average Bonchev–Trinajstić information content (AvgIpc) is 3.61. The fourth-order valence-corrected chi connectivity index (χ4v) is 4.91. The van der Waals surface area contributed by atoms with Gasteiger partial charge in [-0.3, -0.25) is 4.90 Å². The molecular formula is C29H40N6O2. The third-order valence-corrected chi connectivity index (χ3v) is 6.88. The second-order valence-electron chi connectivity index (χ2n) is 9.82. The van der Waals surface area contributed by atoms with Crippen LogP contribution in [0.5, 0.6) is 0 Å². The predicted molar refractivity (Wildman–Crippen MR) is 147 cm³/mol. The van der Waals surface area contributed by atoms with Gasteiger partial charge >= 0.3 is 5.63 Å². The molecule has 0 saturated heterocycles. The minimum Gasteiger partial charge on any atom is -0.423 e. The van der Waals surface area contributed by atoms with E-state index in [2.05, 4.69) is 62.6 Å². The fraction of sp³-hybridized carbons (Fsp3) is 0.483. The molecule has 0 aliphatic carbocycles. The number of nitrogens with one attached hydrogen (secondary N) is 2. The molecule has 0 bridgehead atoms. The zero-order chi connectivity index (χ0) is 26.0. The topological polar surface area (TPSA) is 94.0 Å². The number of fused-ring (bicyclic) bond motifs is 1. The van der Waals surface area contributed by atoms with Crippen LogP contribution in [0.15, 0.2) is 58.3 Å². The van der Waals surface area contributed by atoms with Gasteiger partial charge in [0.2, 0.25) is 0 Å². The largest absolute Gasteiger partial charge is 0.423 e. The number of unbranched alkanes of at least 4 members (excludes halogenated alkanes) is 1. The highest BCUT2D eigenvalue weighted by Crippen LogP contribution is 2.24. The fourth-order valence-electron chi connectivity index (χ4n) is 4.91. The van der Waals surface area contributed by atoms with Crippen molar-refractivity contribution in [2.24, 2.45) is 0 Å². The predicted octanol–water partition coefficient (Wildman–Crippen LogP) is 5.45. The van der Waals surface area contributed by atoms with Crippen LogP contribution in [0.25, 0.3) is 11.0 Å². The zero-order valence-corrected chi connectivity index (χ0v) is 22.4. The number of nitrogens with zero attached hydrogens (tertiary/aromatic N) is 4. The summed E-state index contributed by atoms with van der Waals surface area (Å²) in [5.74, 6) is 1.79. The maximum Gasteiger partial charge on any atom is 0.339 e. The Bertz CT molecular complexity index is 1260. The normalized spacial score (nSPS) is 12.7. The molecule has 0 saturated carbocycles. The van der Waals surface area contributed by atoms with E-state index in [4.69, 9.17) is 4.42 Å². The van der Waals surface area contributed by atoms with Gasteiger partial charge in [0.05, 0.1) is 12.6 Å². The van der Waals surface area contributed by atoms with Crippen molar-refractivity contribution in [3.8, 4) is 0 Å². The van der Waals surface area contributed by atoms with Gasteiger partial charge in [-0.15, -0.1) is 0 Å². The van der Waals surface area contributed by atoms with E-state index in [0.717, 1.165) is 67.1 Å². The highest BCUT2D eigenvalue weighted by Gasteiger charge is 2.20.